The molecular formula is C9H16O2. The van der Waals surface area contributed by atoms with Crippen LogP contribution in [0.1, 0.15) is 39.5 Å². The highest BCUT2D eigenvalue weighted by atomic mass is 16.5. The summed E-state index contributed by atoms with van der Waals surface area (Å²) in [6.07, 6.45) is 4.82. The van der Waals surface area contributed by atoms with Crippen molar-refractivity contribution in [2.45, 2.75) is 45.6 Å². The summed E-state index contributed by atoms with van der Waals surface area (Å²) in [6.45, 7) is 3.70. The van der Waals surface area contributed by atoms with Gasteiger partial charge in [0.25, 0.3) is 0 Å². The van der Waals surface area contributed by atoms with Crippen LogP contribution in [0.25, 0.3) is 0 Å². The van der Waals surface area contributed by atoms with Gasteiger partial charge in [0, 0.05) is 6.92 Å². The molecule has 0 aromatic rings. The third-order valence-corrected chi connectivity index (χ3v) is 2.22. The minimum absolute atomic E-state index is 0.135. The van der Waals surface area contributed by atoms with Crippen LogP contribution in [0.2, 0.25) is 0 Å². The van der Waals surface area contributed by atoms with Crippen molar-refractivity contribution in [2.24, 2.45) is 5.92 Å². The molecule has 0 aromatic carbocycles. The first-order valence-electron chi connectivity index (χ1n) is 4.35. The van der Waals surface area contributed by atoms with Crippen molar-refractivity contribution in [3.05, 3.63) is 0 Å². The van der Waals surface area contributed by atoms with E-state index in [0.717, 1.165) is 18.8 Å². The van der Waals surface area contributed by atoms with E-state index in [1.165, 1.54) is 19.8 Å². The van der Waals surface area contributed by atoms with E-state index in [1.807, 2.05) is 0 Å². The van der Waals surface area contributed by atoms with E-state index in [9.17, 15) is 4.79 Å². The van der Waals surface area contributed by atoms with Crippen molar-refractivity contribution < 1.29 is 9.53 Å². The monoisotopic (exact) mass is 156 g/mol. The summed E-state index contributed by atoms with van der Waals surface area (Å²) in [7, 11) is 0. The highest BCUT2D eigenvalue weighted by Crippen LogP contribution is 2.25. The lowest BCUT2D eigenvalue weighted by Gasteiger charge is -2.25. The Bertz CT molecular complexity index is 142. The molecule has 64 valence electrons. The normalized spacial score (nSPS) is 31.5. The van der Waals surface area contributed by atoms with Crippen molar-refractivity contribution in [3.63, 3.8) is 0 Å². The van der Waals surface area contributed by atoms with Crippen LogP contribution >= 0.6 is 0 Å². The molecule has 1 aliphatic rings. The molecule has 0 aliphatic heterocycles. The van der Waals surface area contributed by atoms with Crippen LogP contribution in [0.3, 0.4) is 0 Å². The van der Waals surface area contributed by atoms with Crippen molar-refractivity contribution in [2.75, 3.05) is 0 Å². The molecule has 1 aliphatic carbocycles. The largest absolute Gasteiger partial charge is 0.463 e. The Labute approximate surface area is 67.9 Å². The van der Waals surface area contributed by atoms with E-state index < -0.39 is 0 Å². The summed E-state index contributed by atoms with van der Waals surface area (Å²) in [5.41, 5.74) is 0. The van der Waals surface area contributed by atoms with E-state index in [2.05, 4.69) is 6.92 Å². The molecule has 0 saturated heterocycles. The average Bonchev–Trinajstić information content (AvgIpc) is 1.85. The summed E-state index contributed by atoms with van der Waals surface area (Å²) in [5, 5.41) is 0. The number of rotatable bonds is 1. The lowest BCUT2D eigenvalue weighted by molar-refractivity contribution is -0.148. The first-order valence-corrected chi connectivity index (χ1v) is 4.35. The van der Waals surface area contributed by atoms with Gasteiger partial charge in [-0.05, 0) is 25.2 Å². The Morgan fingerprint density at radius 3 is 2.73 bits per heavy atom. The number of carbonyl (C=O) groups is 1. The van der Waals surface area contributed by atoms with Gasteiger partial charge in [0.15, 0.2) is 0 Å². The highest BCUT2D eigenvalue weighted by Gasteiger charge is 2.20. The summed E-state index contributed by atoms with van der Waals surface area (Å²) in [5.74, 6) is 0.595. The van der Waals surface area contributed by atoms with Gasteiger partial charge in [-0.1, -0.05) is 13.3 Å². The first kappa shape index (κ1) is 8.57. The number of hydrogen-bond acceptors (Lipinski definition) is 2. The van der Waals surface area contributed by atoms with Gasteiger partial charge < -0.3 is 4.74 Å². The van der Waals surface area contributed by atoms with Crippen molar-refractivity contribution in [1.82, 2.24) is 0 Å². The predicted octanol–water partition coefficient (Wildman–Crippen LogP) is 2.13. The van der Waals surface area contributed by atoms with Crippen LogP contribution in [0.5, 0.6) is 0 Å². The molecule has 1 unspecified atom stereocenters. The van der Waals surface area contributed by atoms with E-state index in [-0.39, 0.29) is 12.1 Å². The second kappa shape index (κ2) is 3.74. The summed E-state index contributed by atoms with van der Waals surface area (Å²) < 4.78 is 5.12. The van der Waals surface area contributed by atoms with Crippen LogP contribution in [-0.2, 0) is 9.53 Å². The molecule has 0 aromatic heterocycles. The molecule has 0 radical (unpaired) electrons. The van der Waals surface area contributed by atoms with Gasteiger partial charge >= 0.3 is 5.97 Å². The van der Waals surface area contributed by atoms with Crippen LogP contribution in [0.4, 0.5) is 0 Å². The number of hydrogen-bond donors (Lipinski definition) is 0. The first-order chi connectivity index (χ1) is 5.18. The third kappa shape index (κ3) is 2.91. The number of ether oxygens (including phenoxy) is 1. The molecular weight excluding hydrogens is 140 g/mol. The lowest BCUT2D eigenvalue weighted by atomic mass is 9.89. The molecule has 2 atom stereocenters. The van der Waals surface area contributed by atoms with Gasteiger partial charge in [-0.25, -0.2) is 0 Å². The molecule has 0 amide bonds. The molecule has 0 spiro atoms. The van der Waals surface area contributed by atoms with Crippen LogP contribution in [0, 0.1) is 5.92 Å². The van der Waals surface area contributed by atoms with E-state index in [0.29, 0.717) is 0 Å². The minimum atomic E-state index is -0.135. The highest BCUT2D eigenvalue weighted by molar-refractivity contribution is 5.66. The maximum absolute atomic E-state index is 10.6. The minimum Gasteiger partial charge on any atom is -0.463 e. The molecule has 2 heteroatoms. The summed E-state index contributed by atoms with van der Waals surface area (Å²) >= 11 is 0. The van der Waals surface area contributed by atoms with E-state index >= 15 is 0 Å². The fraction of sp³-hybridized carbons (Fsp3) is 0.889. The van der Waals surface area contributed by atoms with Gasteiger partial charge in [-0.3, -0.25) is 4.79 Å². The van der Waals surface area contributed by atoms with Gasteiger partial charge in [0.1, 0.15) is 6.10 Å². The average molecular weight is 156 g/mol. The fourth-order valence-electron chi connectivity index (χ4n) is 1.72. The van der Waals surface area contributed by atoms with Crippen molar-refractivity contribution >= 4 is 5.97 Å². The summed E-state index contributed by atoms with van der Waals surface area (Å²) in [6, 6.07) is 0. The molecule has 11 heavy (non-hydrogen) atoms. The van der Waals surface area contributed by atoms with Gasteiger partial charge in [-0.15, -0.1) is 0 Å². The quantitative estimate of drug-likeness (QED) is 0.543. The number of carbonyl (C=O) groups excluding carboxylic acids is 1. The Kier molecular flexibility index (Phi) is 2.92. The zero-order valence-electron chi connectivity index (χ0n) is 7.30. The zero-order valence-corrected chi connectivity index (χ0v) is 7.30. The van der Waals surface area contributed by atoms with Gasteiger partial charge in [-0.2, -0.15) is 0 Å². The maximum Gasteiger partial charge on any atom is 0.302 e. The standard InChI is InChI=1S/C9H16O2/c1-7-4-3-5-9(6-7)11-8(2)10/h7,9H,3-6H2,1-2H3/t7?,9-/m1/s1. The molecule has 1 rings (SSSR count). The second-order valence-corrected chi connectivity index (χ2v) is 3.50. The Hall–Kier alpha value is -0.530. The summed E-state index contributed by atoms with van der Waals surface area (Å²) in [4.78, 5) is 10.6. The molecule has 2 nitrogen and oxygen atoms in total. The molecule has 0 bridgehead atoms. The van der Waals surface area contributed by atoms with Crippen molar-refractivity contribution in [3.8, 4) is 0 Å². The topological polar surface area (TPSA) is 26.3 Å². The molecule has 1 saturated carbocycles. The Morgan fingerprint density at radius 1 is 1.45 bits per heavy atom. The third-order valence-electron chi connectivity index (χ3n) is 2.22. The van der Waals surface area contributed by atoms with E-state index in [1.54, 1.807) is 0 Å². The molecule has 0 N–H and O–H groups in total. The maximum atomic E-state index is 10.6. The SMILES string of the molecule is CC(=O)O[C@@H]1CCCC(C)C1. The predicted molar refractivity (Wildman–Crippen MR) is 43.2 cm³/mol. The zero-order chi connectivity index (χ0) is 8.27. The van der Waals surface area contributed by atoms with Crippen molar-refractivity contribution in [1.29, 1.82) is 0 Å². The second-order valence-electron chi connectivity index (χ2n) is 3.50. The fourth-order valence-corrected chi connectivity index (χ4v) is 1.72. The van der Waals surface area contributed by atoms with Gasteiger partial charge in [0.2, 0.25) is 0 Å². The molecule has 1 fully saturated rings. The Morgan fingerprint density at radius 2 is 2.18 bits per heavy atom. The Balaban J connectivity index is 2.28. The number of esters is 1. The van der Waals surface area contributed by atoms with E-state index in [4.69, 9.17) is 4.74 Å². The van der Waals surface area contributed by atoms with Crippen LogP contribution < -0.4 is 0 Å². The smallest absolute Gasteiger partial charge is 0.302 e. The van der Waals surface area contributed by atoms with Crippen LogP contribution in [-0.4, -0.2) is 12.1 Å². The lowest BCUT2D eigenvalue weighted by Crippen LogP contribution is -2.23. The van der Waals surface area contributed by atoms with Gasteiger partial charge in [0.05, 0.1) is 0 Å². The van der Waals surface area contributed by atoms with Crippen LogP contribution in [0.15, 0.2) is 0 Å². The molecule has 0 heterocycles.